The van der Waals surface area contributed by atoms with Crippen LogP contribution in [0.25, 0.3) is 0 Å². The third-order valence-corrected chi connectivity index (χ3v) is 30.5. The molecule has 0 spiro atoms. The van der Waals surface area contributed by atoms with Gasteiger partial charge in [0.05, 0.1) is 18.5 Å². The van der Waals surface area contributed by atoms with Crippen molar-refractivity contribution < 1.29 is 19.2 Å². The van der Waals surface area contributed by atoms with Crippen LogP contribution in [0.1, 0.15) is 156 Å². The smallest absolute Gasteiger partial charge is 0.115 e. The van der Waals surface area contributed by atoms with Crippen LogP contribution in [0.2, 0.25) is 0 Å². The molecule has 0 atom stereocenters. The molecule has 0 N–H and O–H groups in total. The van der Waals surface area contributed by atoms with Crippen LogP contribution in [0.4, 0.5) is 0 Å². The summed E-state index contributed by atoms with van der Waals surface area (Å²) in [6.07, 6.45) is 46.0. The Morgan fingerprint density at radius 1 is 0.232 bits per heavy atom. The monoisotopic (exact) mass is 1340 g/mol. The van der Waals surface area contributed by atoms with Crippen molar-refractivity contribution in [3.8, 4) is 0 Å². The molecule has 0 bridgehead atoms. The van der Waals surface area contributed by atoms with E-state index in [4.69, 9.17) is 19.2 Å². The van der Waals surface area contributed by atoms with Crippen LogP contribution in [0, 0.1) is 0 Å². The number of phosphoric acid groups is 1. The molecule has 0 saturated carbocycles. The molecule has 500 valence electrons. The van der Waals surface area contributed by atoms with Gasteiger partial charge in [0.2, 0.25) is 0 Å². The lowest BCUT2D eigenvalue weighted by Crippen LogP contribution is -2.32. The predicted octanol–water partition coefficient (Wildman–Crippen LogP) is 19.0. The summed E-state index contributed by atoms with van der Waals surface area (Å²) in [6, 6.07) is 100. The van der Waals surface area contributed by atoms with Gasteiger partial charge in [-0.3, -0.25) is 0 Å². The molecule has 0 aromatic heterocycles. The lowest BCUT2D eigenvalue weighted by atomic mass is 10.1. The first-order chi connectivity index (χ1) is 46.6. The van der Waals surface area contributed by atoms with Gasteiger partial charge >= 0.3 is 0 Å². The zero-order valence-corrected chi connectivity index (χ0v) is 60.9. The molecule has 9 rings (SSSR count). The van der Waals surface area contributed by atoms with Crippen molar-refractivity contribution in [3.63, 3.8) is 0 Å². The maximum absolute atomic E-state index is 8.55. The van der Waals surface area contributed by atoms with E-state index in [1.54, 1.807) is 0 Å². The number of hydrogen-bond acceptors (Lipinski definition) is 4. The highest BCUT2D eigenvalue weighted by molar-refractivity contribution is 7.96. The van der Waals surface area contributed by atoms with Crippen molar-refractivity contribution in [2.24, 2.45) is 0 Å². The van der Waals surface area contributed by atoms with Crippen molar-refractivity contribution in [3.05, 3.63) is 309 Å². The van der Waals surface area contributed by atoms with Crippen molar-refractivity contribution in [2.45, 2.75) is 156 Å². The van der Waals surface area contributed by atoms with Gasteiger partial charge in [-0.15, -0.1) is 0 Å². The SMILES string of the molecule is CCCCCCCC/C=C\C[P+](c1ccccc1)(c1ccccc1)c1ccccc1.CCCCCCCC/C=C\C[P+](c1ccccc1)(c1ccccc1)c1ccccc1.CCCCCCCC/C=C\C[P+](c1ccccc1)(c1ccccc1)c1ccccc1.O=P([O-])([O-])[O-]. The largest absolute Gasteiger partial charge is 0.822 e. The minimum absolute atomic E-state index is 1.08. The van der Waals surface area contributed by atoms with Crippen LogP contribution >= 0.6 is 29.6 Å². The topological polar surface area (TPSA) is 86.2 Å². The van der Waals surface area contributed by atoms with Crippen LogP contribution in [-0.2, 0) is 4.57 Å². The van der Waals surface area contributed by atoms with Crippen LogP contribution < -0.4 is 62.4 Å². The number of allylic oxidation sites excluding steroid dienone is 6. The molecular formula is C87H108O4P4. The van der Waals surface area contributed by atoms with Crippen molar-refractivity contribution in [1.82, 2.24) is 0 Å². The van der Waals surface area contributed by atoms with E-state index < -0.39 is 29.6 Å². The second-order valence-electron chi connectivity index (χ2n) is 24.5. The molecule has 8 heteroatoms. The second-order valence-corrected chi connectivity index (χ2v) is 36.0. The molecule has 0 aliphatic rings. The van der Waals surface area contributed by atoms with Crippen LogP contribution in [-0.4, -0.2) is 18.5 Å². The lowest BCUT2D eigenvalue weighted by Gasteiger charge is -2.36. The maximum Gasteiger partial charge on any atom is 0.115 e. The Labute approximate surface area is 576 Å². The summed E-state index contributed by atoms with van der Waals surface area (Å²) in [6.45, 7) is 6.85. The maximum atomic E-state index is 8.55. The van der Waals surface area contributed by atoms with E-state index in [0.717, 1.165) is 18.5 Å². The summed E-state index contributed by atoms with van der Waals surface area (Å²) in [5.74, 6) is 0. The van der Waals surface area contributed by atoms with E-state index in [0.29, 0.717) is 0 Å². The zero-order chi connectivity index (χ0) is 67.2. The summed E-state index contributed by atoms with van der Waals surface area (Å²) in [7, 11) is -10.5. The highest BCUT2D eigenvalue weighted by Gasteiger charge is 2.46. The van der Waals surface area contributed by atoms with Gasteiger partial charge in [-0.05, 0) is 148 Å². The van der Waals surface area contributed by atoms with Gasteiger partial charge < -0.3 is 19.2 Å². The van der Waals surface area contributed by atoms with Crippen LogP contribution in [0.5, 0.6) is 0 Å². The normalized spacial score (nSPS) is 11.8. The number of hydrogen-bond donors (Lipinski definition) is 0. The average Bonchev–Trinajstić information content (AvgIpc) is 0.785. The van der Waals surface area contributed by atoms with Crippen molar-refractivity contribution >= 4 is 77.4 Å². The molecule has 0 unspecified atom stereocenters. The quantitative estimate of drug-likeness (QED) is 0.0222. The summed E-state index contributed by atoms with van der Waals surface area (Å²) in [5, 5.41) is 13.2. The molecule has 0 amide bonds. The van der Waals surface area contributed by atoms with E-state index in [-0.39, 0.29) is 0 Å². The first-order valence-electron chi connectivity index (χ1n) is 35.5. The van der Waals surface area contributed by atoms with E-state index in [1.165, 1.54) is 183 Å². The Morgan fingerprint density at radius 2 is 0.368 bits per heavy atom. The highest BCUT2D eigenvalue weighted by Crippen LogP contribution is 2.57. The first kappa shape index (κ1) is 77.6. The lowest BCUT2D eigenvalue weighted by molar-refractivity contribution is -0.432. The number of rotatable bonds is 36. The van der Waals surface area contributed by atoms with E-state index in [2.05, 4.69) is 330 Å². The molecule has 9 aromatic carbocycles. The van der Waals surface area contributed by atoms with Gasteiger partial charge in [-0.1, -0.05) is 317 Å². The Kier molecular flexibility index (Phi) is 37.5. The Morgan fingerprint density at radius 3 is 0.516 bits per heavy atom. The molecule has 95 heavy (non-hydrogen) atoms. The van der Waals surface area contributed by atoms with Gasteiger partial charge in [0, 0.05) is 0 Å². The minimum Gasteiger partial charge on any atom is -0.822 e. The van der Waals surface area contributed by atoms with Gasteiger partial charge in [0.25, 0.3) is 0 Å². The fraction of sp³-hybridized carbons (Fsp3) is 0.310. The molecule has 0 aliphatic carbocycles. The predicted molar refractivity (Wildman–Crippen MR) is 419 cm³/mol. The highest BCUT2D eigenvalue weighted by atomic mass is 31.2. The molecule has 4 nitrogen and oxygen atoms in total. The van der Waals surface area contributed by atoms with Crippen LogP contribution in [0.15, 0.2) is 309 Å². The van der Waals surface area contributed by atoms with Gasteiger partial charge in [-0.25, -0.2) is 0 Å². The van der Waals surface area contributed by atoms with Crippen molar-refractivity contribution in [2.75, 3.05) is 18.5 Å². The van der Waals surface area contributed by atoms with E-state index in [1.807, 2.05) is 0 Å². The standard InChI is InChI=1S/3C29H36P.H3O4P/c3*1-2-3-4-5-6-7-8-9-19-26-30(27-20-13-10-14-21-27,28-22-15-11-16-23-28)29-24-17-12-18-25-29;1-5(2,3)4/h3*9-25H,2-8,26H2,1H3;(H3,1,2,3,4)/q3*+1;/p-3/b3*19-9-;. The summed E-state index contributed by atoms with van der Waals surface area (Å²) >= 11 is 0. The molecule has 0 fully saturated rings. The van der Waals surface area contributed by atoms with E-state index in [9.17, 15) is 0 Å². The zero-order valence-electron chi connectivity index (χ0n) is 57.3. The van der Waals surface area contributed by atoms with Crippen molar-refractivity contribution in [1.29, 1.82) is 0 Å². The van der Waals surface area contributed by atoms with Gasteiger partial charge in [0.15, 0.2) is 0 Å². The van der Waals surface area contributed by atoms with Gasteiger partial charge in [0.1, 0.15) is 69.5 Å². The summed E-state index contributed by atoms with van der Waals surface area (Å²) in [5.41, 5.74) is 0. The third kappa shape index (κ3) is 26.5. The molecule has 0 aliphatic heterocycles. The van der Waals surface area contributed by atoms with Crippen LogP contribution in [0.3, 0.4) is 0 Å². The first-order valence-corrected chi connectivity index (χ1v) is 42.8. The summed E-state index contributed by atoms with van der Waals surface area (Å²) < 4.78 is 8.55. The Hall–Kier alpha value is -6.40. The summed E-state index contributed by atoms with van der Waals surface area (Å²) in [4.78, 5) is 25.6. The molecule has 0 radical (unpaired) electrons. The molecule has 0 heterocycles. The Bertz CT molecular complexity index is 2820. The second kappa shape index (κ2) is 45.9. The minimum atomic E-state index is -5.39. The fourth-order valence-electron chi connectivity index (χ4n) is 12.6. The number of benzene rings is 9. The molecular weight excluding hydrogens is 1230 g/mol. The number of unbranched alkanes of at least 4 members (excludes halogenated alkanes) is 18. The van der Waals surface area contributed by atoms with E-state index >= 15 is 0 Å². The average molecular weight is 1340 g/mol. The Balaban J connectivity index is 0.000000217. The third-order valence-electron chi connectivity index (χ3n) is 17.6. The van der Waals surface area contributed by atoms with Gasteiger partial charge in [-0.2, -0.15) is 7.82 Å². The fourth-order valence-corrected chi connectivity index (χ4v) is 24.7. The molecule has 9 aromatic rings. The molecule has 0 saturated heterocycles.